The van der Waals surface area contributed by atoms with E-state index < -0.39 is 36.0 Å². The number of nitrogens with one attached hydrogen (secondary N) is 1. The Balaban J connectivity index is 1.38. The molecule has 1 aliphatic carbocycles. The molecule has 1 aromatic heterocycles. The summed E-state index contributed by atoms with van der Waals surface area (Å²) in [4.78, 5) is 65.5. The van der Waals surface area contributed by atoms with Crippen LogP contribution >= 0.6 is 0 Å². The fourth-order valence-electron chi connectivity index (χ4n) is 5.24. The molecule has 1 aromatic rings. The van der Waals surface area contributed by atoms with Crippen LogP contribution in [-0.2, 0) is 14.4 Å². The molecule has 4 heterocycles. The van der Waals surface area contributed by atoms with Crippen LogP contribution in [0, 0.1) is 5.92 Å². The number of hydrogen-bond acceptors (Lipinski definition) is 7. The summed E-state index contributed by atoms with van der Waals surface area (Å²) in [6.07, 6.45) is 3.46. The van der Waals surface area contributed by atoms with Gasteiger partial charge in [-0.05, 0) is 19.3 Å². The smallest absolute Gasteiger partial charge is 0.271 e. The predicted octanol–water partition coefficient (Wildman–Crippen LogP) is -2.48. The van der Waals surface area contributed by atoms with Crippen molar-refractivity contribution in [3.05, 3.63) is 11.4 Å². The molecule has 1 saturated carbocycles. The maximum Gasteiger partial charge on any atom is 0.271 e. The quantitative estimate of drug-likeness (QED) is 0.448. The van der Waals surface area contributed by atoms with Crippen molar-refractivity contribution in [3.63, 3.8) is 0 Å². The molecular weight excluding hydrogens is 420 g/mol. The van der Waals surface area contributed by atoms with Crippen LogP contribution in [-0.4, -0.2) is 85.5 Å². The summed E-state index contributed by atoms with van der Waals surface area (Å²) in [5.74, 6) is -2.39. The van der Waals surface area contributed by atoms with E-state index in [4.69, 9.17) is 11.5 Å². The van der Waals surface area contributed by atoms with Crippen LogP contribution in [0.2, 0.25) is 0 Å². The van der Waals surface area contributed by atoms with Gasteiger partial charge in [-0.2, -0.15) is 0 Å². The molecule has 0 radical (unpaired) electrons. The summed E-state index contributed by atoms with van der Waals surface area (Å²) < 4.78 is 1.18. The summed E-state index contributed by atoms with van der Waals surface area (Å²) in [6.45, 7) is 0.492. The Bertz CT molecular complexity index is 1030. The third kappa shape index (κ3) is 2.94. The number of fused-ring (bicyclic) bond motifs is 2. The minimum absolute atomic E-state index is 0.0126. The molecule has 32 heavy (non-hydrogen) atoms. The molecule has 13 heteroatoms. The zero-order valence-corrected chi connectivity index (χ0v) is 17.3. The first-order chi connectivity index (χ1) is 15.3. The van der Waals surface area contributed by atoms with Crippen molar-refractivity contribution in [2.24, 2.45) is 17.4 Å². The SMILES string of the molecule is NC(=O)c1nnn([C@H]2C[C@H]3C(=O)N4CC[C@@H](NC(=O)C5CCC5)[C@H]4C(=O)N3C2)c1C(N)=O. The zero-order valence-electron chi connectivity index (χ0n) is 17.3. The number of nitrogens with zero attached hydrogens (tertiary/aromatic N) is 5. The first-order valence-electron chi connectivity index (χ1n) is 10.7. The standard InChI is InChI=1S/C19H24N8O5/c20-15(28)12-14(16(21)29)27(24-23-12)9-6-11-18(31)25-5-4-10(13(25)19(32)26(11)7-9)22-17(30)8-2-1-3-8/h8-11,13H,1-7H2,(H2,20,28)(H2,21,29)(H,22,30)/t9-,10+,11-,13-/m0/s1. The Labute approximate surface area is 182 Å². The fourth-order valence-corrected chi connectivity index (χ4v) is 5.24. The molecule has 4 aliphatic rings. The van der Waals surface area contributed by atoms with Crippen molar-refractivity contribution < 1.29 is 24.0 Å². The van der Waals surface area contributed by atoms with Gasteiger partial charge >= 0.3 is 0 Å². The normalized spacial score (nSPS) is 29.5. The lowest BCUT2D eigenvalue weighted by Gasteiger charge is -2.40. The van der Waals surface area contributed by atoms with E-state index in [1.807, 2.05) is 0 Å². The van der Waals surface area contributed by atoms with E-state index in [1.165, 1.54) is 9.58 Å². The highest BCUT2D eigenvalue weighted by Gasteiger charge is 2.56. The number of nitrogens with two attached hydrogens (primary N) is 2. The molecule has 5 rings (SSSR count). The molecule has 3 aliphatic heterocycles. The summed E-state index contributed by atoms with van der Waals surface area (Å²) in [5.41, 5.74) is 10.1. The van der Waals surface area contributed by atoms with Crippen molar-refractivity contribution in [2.75, 3.05) is 13.1 Å². The van der Waals surface area contributed by atoms with Gasteiger partial charge < -0.3 is 26.6 Å². The van der Waals surface area contributed by atoms with Crippen LogP contribution in [0.25, 0.3) is 0 Å². The van der Waals surface area contributed by atoms with Gasteiger partial charge in [0.25, 0.3) is 11.8 Å². The molecule has 5 amide bonds. The molecule has 170 valence electrons. The molecule has 3 saturated heterocycles. The second-order valence-electron chi connectivity index (χ2n) is 8.86. The van der Waals surface area contributed by atoms with E-state index >= 15 is 0 Å². The maximum absolute atomic E-state index is 13.4. The fraction of sp³-hybridized carbons (Fsp3) is 0.632. The molecule has 0 aromatic carbocycles. The van der Waals surface area contributed by atoms with Gasteiger partial charge in [0.2, 0.25) is 17.7 Å². The highest BCUT2D eigenvalue weighted by atomic mass is 16.2. The number of amides is 5. The molecule has 0 spiro atoms. The van der Waals surface area contributed by atoms with Gasteiger partial charge in [0.05, 0.1) is 12.1 Å². The molecular formula is C19H24N8O5. The van der Waals surface area contributed by atoms with E-state index in [0.29, 0.717) is 13.0 Å². The third-order valence-electron chi connectivity index (χ3n) is 7.09. The Morgan fingerprint density at radius 2 is 1.75 bits per heavy atom. The van der Waals surface area contributed by atoms with Gasteiger partial charge in [0.15, 0.2) is 11.4 Å². The van der Waals surface area contributed by atoms with Crippen LogP contribution in [0.15, 0.2) is 0 Å². The Morgan fingerprint density at radius 1 is 1.00 bits per heavy atom. The third-order valence-corrected chi connectivity index (χ3v) is 7.09. The van der Waals surface area contributed by atoms with E-state index in [-0.39, 0.29) is 48.0 Å². The van der Waals surface area contributed by atoms with Gasteiger partial charge in [-0.3, -0.25) is 24.0 Å². The number of hydrogen-bond donors (Lipinski definition) is 3. The minimum Gasteiger partial charge on any atom is -0.364 e. The minimum atomic E-state index is -0.946. The number of carbonyl (C=O) groups is 5. The number of piperazine rings is 1. The average molecular weight is 444 g/mol. The van der Waals surface area contributed by atoms with Crippen LogP contribution in [0.5, 0.6) is 0 Å². The second kappa shape index (κ2) is 7.28. The lowest BCUT2D eigenvalue weighted by Crippen LogP contribution is -2.64. The van der Waals surface area contributed by atoms with E-state index in [0.717, 1.165) is 19.3 Å². The topological polar surface area (TPSA) is 187 Å². The van der Waals surface area contributed by atoms with Crippen molar-refractivity contribution in [1.82, 2.24) is 30.1 Å². The van der Waals surface area contributed by atoms with Crippen LogP contribution in [0.1, 0.15) is 59.1 Å². The van der Waals surface area contributed by atoms with Crippen LogP contribution in [0.3, 0.4) is 0 Å². The molecule has 0 unspecified atom stereocenters. The first kappa shape index (κ1) is 20.4. The Morgan fingerprint density at radius 3 is 2.38 bits per heavy atom. The van der Waals surface area contributed by atoms with E-state index in [2.05, 4.69) is 15.6 Å². The van der Waals surface area contributed by atoms with Crippen molar-refractivity contribution in [1.29, 1.82) is 0 Å². The number of rotatable bonds is 5. The second-order valence-corrected chi connectivity index (χ2v) is 8.86. The number of primary amides is 2. The number of carbonyl (C=O) groups excluding carboxylic acids is 5. The summed E-state index contributed by atoms with van der Waals surface area (Å²) >= 11 is 0. The zero-order chi connectivity index (χ0) is 22.7. The predicted molar refractivity (Wildman–Crippen MR) is 106 cm³/mol. The lowest BCUT2D eigenvalue weighted by molar-refractivity contribution is -0.157. The van der Waals surface area contributed by atoms with E-state index in [1.54, 1.807) is 4.90 Å². The van der Waals surface area contributed by atoms with Crippen molar-refractivity contribution >= 4 is 29.5 Å². The van der Waals surface area contributed by atoms with Gasteiger partial charge in [0.1, 0.15) is 12.1 Å². The summed E-state index contributed by atoms with van der Waals surface area (Å²) in [7, 11) is 0. The van der Waals surface area contributed by atoms with Crippen molar-refractivity contribution in [3.8, 4) is 0 Å². The van der Waals surface area contributed by atoms with Crippen LogP contribution in [0.4, 0.5) is 0 Å². The van der Waals surface area contributed by atoms with Gasteiger partial charge in [-0.1, -0.05) is 11.6 Å². The largest absolute Gasteiger partial charge is 0.364 e. The monoisotopic (exact) mass is 444 g/mol. The molecule has 5 N–H and O–H groups in total. The summed E-state index contributed by atoms with van der Waals surface area (Å²) in [6, 6.07) is -2.45. The average Bonchev–Trinajstić information content (AvgIpc) is 3.40. The van der Waals surface area contributed by atoms with E-state index in [9.17, 15) is 24.0 Å². The lowest BCUT2D eigenvalue weighted by atomic mass is 9.84. The Hall–Kier alpha value is -3.51. The summed E-state index contributed by atoms with van der Waals surface area (Å²) in [5, 5.41) is 10.5. The van der Waals surface area contributed by atoms with Gasteiger partial charge in [0, 0.05) is 25.4 Å². The molecule has 0 bridgehead atoms. The highest BCUT2D eigenvalue weighted by Crippen LogP contribution is 2.37. The van der Waals surface area contributed by atoms with Crippen molar-refractivity contribution in [2.45, 2.75) is 56.3 Å². The molecule has 4 fully saturated rings. The highest BCUT2D eigenvalue weighted by molar-refractivity contribution is 6.03. The van der Waals surface area contributed by atoms with Gasteiger partial charge in [-0.25, -0.2) is 4.68 Å². The first-order valence-corrected chi connectivity index (χ1v) is 10.7. The number of aromatic nitrogens is 3. The maximum atomic E-state index is 13.4. The Kier molecular flexibility index (Phi) is 4.64. The molecule has 4 atom stereocenters. The van der Waals surface area contributed by atoms with Gasteiger partial charge in [-0.15, -0.1) is 5.10 Å². The van der Waals surface area contributed by atoms with Crippen LogP contribution < -0.4 is 16.8 Å². The molecule has 13 nitrogen and oxygen atoms in total.